The second kappa shape index (κ2) is 8.47. The van der Waals surface area contributed by atoms with E-state index in [0.717, 1.165) is 24.4 Å². The lowest BCUT2D eigenvalue weighted by Gasteiger charge is -2.22. The van der Waals surface area contributed by atoms with Crippen molar-refractivity contribution in [2.24, 2.45) is 0 Å². The first-order chi connectivity index (χ1) is 14.8. The van der Waals surface area contributed by atoms with Gasteiger partial charge in [0.1, 0.15) is 6.04 Å². The molecule has 0 spiro atoms. The summed E-state index contributed by atoms with van der Waals surface area (Å²) in [7, 11) is 0. The molecule has 2 atom stereocenters. The van der Waals surface area contributed by atoms with Crippen molar-refractivity contribution in [1.82, 2.24) is 25.9 Å². The molecule has 32 heavy (non-hydrogen) atoms. The van der Waals surface area contributed by atoms with Crippen LogP contribution < -0.4 is 20.7 Å². The van der Waals surface area contributed by atoms with Crippen LogP contribution >= 0.6 is 0 Å². The van der Waals surface area contributed by atoms with Gasteiger partial charge in [-0.1, -0.05) is 0 Å². The number of amides is 3. The summed E-state index contributed by atoms with van der Waals surface area (Å²) < 4.78 is 93.5. The monoisotopic (exact) mass is 467 g/mol. The number of alkyl halides is 6. The van der Waals surface area contributed by atoms with Crippen LogP contribution in [0.2, 0.25) is 0 Å². The highest BCUT2D eigenvalue weighted by Crippen LogP contribution is 2.32. The van der Waals surface area contributed by atoms with E-state index in [2.05, 4.69) is 30.7 Å². The summed E-state index contributed by atoms with van der Waals surface area (Å²) in [6, 6.07) is -0.102. The lowest BCUT2D eigenvalue weighted by Crippen LogP contribution is -2.44. The zero-order valence-corrected chi connectivity index (χ0v) is 15.5. The molecular weight excluding hydrogens is 455 g/mol. The van der Waals surface area contributed by atoms with Gasteiger partial charge in [0.25, 0.3) is 0 Å². The van der Waals surface area contributed by atoms with Crippen LogP contribution in [0.25, 0.3) is 0 Å². The molecule has 3 N–H and O–H groups in total. The fourth-order valence-electron chi connectivity index (χ4n) is 2.74. The molecule has 2 aromatic heterocycles. The van der Waals surface area contributed by atoms with Gasteiger partial charge in [0, 0.05) is 18.8 Å². The van der Waals surface area contributed by atoms with E-state index >= 15 is 0 Å². The molecule has 0 aliphatic carbocycles. The number of hydrogen-bond donors (Lipinski definition) is 3. The summed E-state index contributed by atoms with van der Waals surface area (Å²) in [5.74, 6) is -3.36. The van der Waals surface area contributed by atoms with Gasteiger partial charge in [-0.3, -0.25) is 4.79 Å². The van der Waals surface area contributed by atoms with Gasteiger partial charge in [-0.15, -0.1) is 13.2 Å². The third-order valence-corrected chi connectivity index (χ3v) is 4.12. The first-order valence-corrected chi connectivity index (χ1v) is 8.63. The molecule has 0 radical (unpaired) electrons. The number of ether oxygens (including phenoxy) is 1. The molecule has 2 aromatic rings. The maximum atomic E-state index is 13.6. The summed E-state index contributed by atoms with van der Waals surface area (Å²) >= 11 is 0. The average Bonchev–Trinajstić information content (AvgIpc) is 3.12. The highest BCUT2D eigenvalue weighted by Gasteiger charge is 2.38. The number of urea groups is 1. The number of nitrogens with zero attached hydrogens (tertiary/aromatic N) is 2. The molecule has 1 aliphatic heterocycles. The molecule has 0 bridgehead atoms. The molecular formula is C17H12F7N5O3. The van der Waals surface area contributed by atoms with Gasteiger partial charge < -0.3 is 20.7 Å². The van der Waals surface area contributed by atoms with Crippen molar-refractivity contribution in [3.8, 4) is 5.88 Å². The molecule has 3 heterocycles. The average molecular weight is 467 g/mol. The molecule has 1 aliphatic rings. The predicted octanol–water partition coefficient (Wildman–Crippen LogP) is 2.42. The summed E-state index contributed by atoms with van der Waals surface area (Å²) in [4.78, 5) is 30.4. The van der Waals surface area contributed by atoms with E-state index in [-0.39, 0.29) is 12.1 Å². The quantitative estimate of drug-likeness (QED) is 0.586. The molecule has 3 amide bonds. The predicted molar refractivity (Wildman–Crippen MR) is 90.4 cm³/mol. The number of rotatable bonds is 5. The lowest BCUT2D eigenvalue weighted by molar-refractivity contribution is -0.276. The molecule has 15 heteroatoms. The van der Waals surface area contributed by atoms with Crippen molar-refractivity contribution in [1.29, 1.82) is 0 Å². The van der Waals surface area contributed by atoms with Gasteiger partial charge in [0.15, 0.2) is 11.5 Å². The van der Waals surface area contributed by atoms with Crippen LogP contribution in [0.5, 0.6) is 5.88 Å². The van der Waals surface area contributed by atoms with Gasteiger partial charge in [-0.05, 0) is 23.8 Å². The summed E-state index contributed by atoms with van der Waals surface area (Å²) in [6.45, 7) is -0.126. The second-order valence-corrected chi connectivity index (χ2v) is 6.39. The zero-order chi connectivity index (χ0) is 23.7. The highest BCUT2D eigenvalue weighted by atomic mass is 19.4. The van der Waals surface area contributed by atoms with Crippen molar-refractivity contribution in [3.05, 3.63) is 53.2 Å². The van der Waals surface area contributed by atoms with E-state index in [4.69, 9.17) is 0 Å². The number of hydrogen-bond acceptors (Lipinski definition) is 5. The van der Waals surface area contributed by atoms with Crippen LogP contribution in [0.3, 0.4) is 0 Å². The summed E-state index contributed by atoms with van der Waals surface area (Å²) in [5.41, 5.74) is -2.41. The SMILES string of the molecule is O=C1NC[C@@H](C(=O)NC(c2ccc(OC(F)(F)F)nc2)c2ccc(F)c(C(F)(F)F)n2)N1. The minimum atomic E-state index is -5.15. The van der Waals surface area contributed by atoms with Gasteiger partial charge in [0.2, 0.25) is 11.8 Å². The Morgan fingerprint density at radius 2 is 1.88 bits per heavy atom. The topological polar surface area (TPSA) is 105 Å². The Morgan fingerprint density at radius 1 is 1.16 bits per heavy atom. The van der Waals surface area contributed by atoms with E-state index in [1.807, 2.05) is 0 Å². The van der Waals surface area contributed by atoms with Crippen molar-refractivity contribution >= 4 is 11.9 Å². The first kappa shape index (κ1) is 23.0. The molecule has 1 unspecified atom stereocenters. The van der Waals surface area contributed by atoms with E-state index in [1.165, 1.54) is 0 Å². The Labute approximate surface area is 174 Å². The van der Waals surface area contributed by atoms with E-state index < -0.39 is 59.6 Å². The second-order valence-electron chi connectivity index (χ2n) is 6.39. The highest BCUT2D eigenvalue weighted by molar-refractivity contribution is 5.90. The van der Waals surface area contributed by atoms with Crippen LogP contribution in [-0.2, 0) is 11.0 Å². The van der Waals surface area contributed by atoms with Crippen molar-refractivity contribution < 1.29 is 45.1 Å². The Balaban J connectivity index is 1.96. The molecule has 1 saturated heterocycles. The number of nitrogens with one attached hydrogen (secondary N) is 3. The van der Waals surface area contributed by atoms with Crippen LogP contribution in [0.15, 0.2) is 30.5 Å². The van der Waals surface area contributed by atoms with Gasteiger partial charge in [0.05, 0.1) is 11.7 Å². The summed E-state index contributed by atoms with van der Waals surface area (Å²) in [6.07, 6.45) is -9.37. The maximum absolute atomic E-state index is 13.6. The molecule has 3 rings (SSSR count). The molecule has 172 valence electrons. The molecule has 8 nitrogen and oxygen atoms in total. The largest absolute Gasteiger partial charge is 0.574 e. The smallest absolute Gasteiger partial charge is 0.388 e. The Morgan fingerprint density at radius 3 is 2.41 bits per heavy atom. The normalized spacial score (nSPS) is 17.3. The molecule has 1 fully saturated rings. The van der Waals surface area contributed by atoms with Gasteiger partial charge in [-0.2, -0.15) is 13.2 Å². The fraction of sp³-hybridized carbons (Fsp3) is 0.294. The third kappa shape index (κ3) is 5.53. The van der Waals surface area contributed by atoms with E-state index in [9.17, 15) is 40.3 Å². The number of aromatic nitrogens is 2. The standard InChI is InChI=1S/C17H12F7N5O3/c18-8-2-3-9(27-13(8)16(19,20)21)12(29-14(30)10-6-26-15(31)28-10)7-1-4-11(25-5-7)32-17(22,23)24/h1-5,10,12H,6H2,(H,29,30)(H2,26,28,31)/t10-,12?/m0/s1. The molecule has 0 saturated carbocycles. The number of halogens is 7. The van der Waals surface area contributed by atoms with Crippen molar-refractivity contribution in [2.45, 2.75) is 24.6 Å². The van der Waals surface area contributed by atoms with Gasteiger partial charge >= 0.3 is 18.6 Å². The minimum absolute atomic E-state index is 0.0858. The number of carbonyl (C=O) groups excluding carboxylic acids is 2. The van der Waals surface area contributed by atoms with Crippen LogP contribution in [0.1, 0.15) is 23.0 Å². The van der Waals surface area contributed by atoms with E-state index in [1.54, 1.807) is 0 Å². The Hall–Kier alpha value is -3.65. The zero-order valence-electron chi connectivity index (χ0n) is 15.5. The minimum Gasteiger partial charge on any atom is -0.388 e. The lowest BCUT2D eigenvalue weighted by atomic mass is 10.0. The van der Waals surface area contributed by atoms with Crippen molar-refractivity contribution in [2.75, 3.05) is 6.54 Å². The fourth-order valence-corrected chi connectivity index (χ4v) is 2.74. The summed E-state index contributed by atoms with van der Waals surface area (Å²) in [5, 5.41) is 6.90. The van der Waals surface area contributed by atoms with Gasteiger partial charge in [-0.25, -0.2) is 19.2 Å². The third-order valence-electron chi connectivity index (χ3n) is 4.12. The van der Waals surface area contributed by atoms with E-state index in [0.29, 0.717) is 6.07 Å². The van der Waals surface area contributed by atoms with Crippen LogP contribution in [-0.4, -0.2) is 40.9 Å². The van der Waals surface area contributed by atoms with Crippen molar-refractivity contribution in [3.63, 3.8) is 0 Å². The number of pyridine rings is 2. The Bertz CT molecular complexity index is 1010. The van der Waals surface area contributed by atoms with Crippen LogP contribution in [0.4, 0.5) is 35.5 Å². The Kier molecular flexibility index (Phi) is 6.09. The first-order valence-electron chi connectivity index (χ1n) is 8.63. The maximum Gasteiger partial charge on any atom is 0.574 e. The van der Waals surface area contributed by atoms with Crippen LogP contribution in [0, 0.1) is 5.82 Å². The number of carbonyl (C=O) groups is 2. The molecule has 0 aromatic carbocycles.